The molecule has 6 heteroatoms. The van der Waals surface area contributed by atoms with E-state index in [2.05, 4.69) is 5.32 Å². The zero-order valence-corrected chi connectivity index (χ0v) is 13.3. The summed E-state index contributed by atoms with van der Waals surface area (Å²) in [5, 5.41) is 12.6. The van der Waals surface area contributed by atoms with E-state index in [1.54, 1.807) is 13.2 Å². The van der Waals surface area contributed by atoms with Gasteiger partial charge in [0.1, 0.15) is 11.4 Å². The minimum atomic E-state index is -1.33. The van der Waals surface area contributed by atoms with E-state index in [9.17, 15) is 9.18 Å². The van der Waals surface area contributed by atoms with Crippen LogP contribution >= 0.6 is 11.6 Å². The molecule has 4 nitrogen and oxygen atoms in total. The number of rotatable bonds is 6. The van der Waals surface area contributed by atoms with E-state index < -0.39 is 17.6 Å². The highest BCUT2D eigenvalue weighted by Gasteiger charge is 2.37. The Morgan fingerprint density at radius 3 is 2.73 bits per heavy atom. The van der Waals surface area contributed by atoms with Crippen LogP contribution in [0.2, 0.25) is 5.02 Å². The van der Waals surface area contributed by atoms with Gasteiger partial charge in [-0.3, -0.25) is 4.79 Å². The molecule has 0 amide bonds. The molecule has 0 unspecified atom stereocenters. The molecule has 1 aromatic rings. The number of benzene rings is 1. The van der Waals surface area contributed by atoms with Crippen LogP contribution in [0.3, 0.4) is 0 Å². The zero-order chi connectivity index (χ0) is 16.2. The number of hydrogen-bond acceptors (Lipinski definition) is 3. The van der Waals surface area contributed by atoms with E-state index in [0.29, 0.717) is 30.2 Å². The number of ether oxygens (including phenoxy) is 1. The van der Waals surface area contributed by atoms with Crippen LogP contribution in [0.15, 0.2) is 18.2 Å². The Morgan fingerprint density at radius 1 is 1.50 bits per heavy atom. The van der Waals surface area contributed by atoms with Crippen LogP contribution in [0, 0.1) is 5.92 Å². The molecule has 1 aromatic carbocycles. The third-order valence-electron chi connectivity index (χ3n) is 4.25. The standard InChI is InChI=1S/C16H21ClFNO3/c1-22-13-3-2-12(14(17)8-13)9-19-10-16(18)6-4-11(5-7-16)15(20)21/h2-3,8,11,19H,4-7,9-10H2,1H3,(H,20,21). The van der Waals surface area contributed by atoms with E-state index >= 15 is 0 Å². The molecule has 0 aromatic heterocycles. The molecule has 0 spiro atoms. The minimum Gasteiger partial charge on any atom is -0.497 e. The fraction of sp³-hybridized carbons (Fsp3) is 0.562. The van der Waals surface area contributed by atoms with Gasteiger partial charge in [-0.15, -0.1) is 0 Å². The summed E-state index contributed by atoms with van der Waals surface area (Å²) in [5.74, 6) is -0.539. The van der Waals surface area contributed by atoms with Crippen molar-refractivity contribution in [1.82, 2.24) is 5.32 Å². The Balaban J connectivity index is 1.82. The van der Waals surface area contributed by atoms with Crippen LogP contribution in [0.25, 0.3) is 0 Å². The smallest absolute Gasteiger partial charge is 0.306 e. The zero-order valence-electron chi connectivity index (χ0n) is 12.6. The van der Waals surface area contributed by atoms with Crippen molar-refractivity contribution >= 4 is 17.6 Å². The fourth-order valence-corrected chi connectivity index (χ4v) is 3.02. The molecular weight excluding hydrogens is 309 g/mol. The lowest BCUT2D eigenvalue weighted by Gasteiger charge is -2.32. The Hall–Kier alpha value is -1.33. The third-order valence-corrected chi connectivity index (χ3v) is 4.60. The third kappa shape index (κ3) is 4.34. The second-order valence-corrected chi connectivity index (χ2v) is 6.23. The van der Waals surface area contributed by atoms with Crippen LogP contribution in [0.5, 0.6) is 5.75 Å². The van der Waals surface area contributed by atoms with Crippen molar-refractivity contribution in [3.63, 3.8) is 0 Å². The Kier molecular flexibility index (Phi) is 5.64. The number of hydrogen-bond donors (Lipinski definition) is 2. The van der Waals surface area contributed by atoms with Crippen LogP contribution < -0.4 is 10.1 Å². The molecule has 122 valence electrons. The minimum absolute atomic E-state index is 0.210. The monoisotopic (exact) mass is 329 g/mol. The van der Waals surface area contributed by atoms with Gasteiger partial charge in [-0.25, -0.2) is 4.39 Å². The van der Waals surface area contributed by atoms with Gasteiger partial charge in [-0.1, -0.05) is 17.7 Å². The molecule has 1 aliphatic carbocycles. The van der Waals surface area contributed by atoms with Gasteiger partial charge >= 0.3 is 5.97 Å². The fourth-order valence-electron chi connectivity index (χ4n) is 2.78. The summed E-state index contributed by atoms with van der Waals surface area (Å²) in [6, 6.07) is 5.38. The van der Waals surface area contributed by atoms with Gasteiger partial charge in [0.25, 0.3) is 0 Å². The lowest BCUT2D eigenvalue weighted by molar-refractivity contribution is -0.143. The van der Waals surface area contributed by atoms with Gasteiger partial charge in [0.2, 0.25) is 0 Å². The van der Waals surface area contributed by atoms with Crippen molar-refractivity contribution in [3.05, 3.63) is 28.8 Å². The van der Waals surface area contributed by atoms with E-state index in [-0.39, 0.29) is 19.4 Å². The summed E-state index contributed by atoms with van der Waals surface area (Å²) >= 11 is 6.14. The second kappa shape index (κ2) is 7.29. The quantitative estimate of drug-likeness (QED) is 0.839. The first-order valence-corrected chi connectivity index (χ1v) is 7.76. The van der Waals surface area contributed by atoms with Gasteiger partial charge < -0.3 is 15.2 Å². The molecule has 0 aliphatic heterocycles. The van der Waals surface area contributed by atoms with Crippen molar-refractivity contribution in [1.29, 1.82) is 0 Å². The van der Waals surface area contributed by atoms with Gasteiger partial charge in [0.15, 0.2) is 0 Å². The number of methoxy groups -OCH3 is 1. The summed E-state index contributed by atoms with van der Waals surface area (Å²) in [6.07, 6.45) is 1.37. The highest BCUT2D eigenvalue weighted by Crippen LogP contribution is 2.35. The second-order valence-electron chi connectivity index (χ2n) is 5.82. The largest absolute Gasteiger partial charge is 0.497 e. The topological polar surface area (TPSA) is 58.6 Å². The molecular formula is C16H21ClFNO3. The van der Waals surface area contributed by atoms with Gasteiger partial charge in [0.05, 0.1) is 13.0 Å². The Bertz CT molecular complexity index is 530. The van der Waals surface area contributed by atoms with E-state index in [0.717, 1.165) is 5.56 Å². The van der Waals surface area contributed by atoms with Crippen molar-refractivity contribution in [3.8, 4) is 5.75 Å². The average molecular weight is 330 g/mol. The van der Waals surface area contributed by atoms with Crippen LogP contribution in [0.4, 0.5) is 4.39 Å². The lowest BCUT2D eigenvalue weighted by atomic mass is 9.80. The maximum absolute atomic E-state index is 14.6. The average Bonchev–Trinajstić information content (AvgIpc) is 2.49. The number of carboxylic acids is 1. The normalized spacial score (nSPS) is 25.0. The van der Waals surface area contributed by atoms with E-state index in [1.165, 1.54) is 0 Å². The summed E-state index contributed by atoms with van der Waals surface area (Å²) in [4.78, 5) is 10.9. The van der Waals surface area contributed by atoms with E-state index in [4.69, 9.17) is 21.4 Å². The van der Waals surface area contributed by atoms with Gasteiger partial charge in [0, 0.05) is 18.1 Å². The molecule has 0 saturated heterocycles. The lowest BCUT2D eigenvalue weighted by Crippen LogP contribution is -2.40. The molecule has 2 rings (SSSR count). The predicted molar refractivity (Wildman–Crippen MR) is 83.1 cm³/mol. The summed E-state index contributed by atoms with van der Waals surface area (Å²) in [5.41, 5.74) is -0.449. The first-order valence-electron chi connectivity index (χ1n) is 7.38. The molecule has 0 atom stereocenters. The van der Waals surface area contributed by atoms with E-state index in [1.807, 2.05) is 12.1 Å². The summed E-state index contributed by atoms with van der Waals surface area (Å²) in [7, 11) is 1.57. The number of alkyl halides is 1. The number of carbonyl (C=O) groups is 1. The van der Waals surface area contributed by atoms with Gasteiger partial charge in [-0.2, -0.15) is 0 Å². The predicted octanol–water partition coefficient (Wildman–Crippen LogP) is 3.42. The number of halogens is 2. The SMILES string of the molecule is COc1ccc(CNCC2(F)CCC(C(=O)O)CC2)c(Cl)c1. The number of aliphatic carboxylic acids is 1. The van der Waals surface area contributed by atoms with Crippen LogP contribution in [0.1, 0.15) is 31.2 Å². The molecule has 1 aliphatic rings. The van der Waals surface area contributed by atoms with Crippen molar-refractivity contribution in [2.45, 2.75) is 37.9 Å². The van der Waals surface area contributed by atoms with Crippen molar-refractivity contribution in [2.24, 2.45) is 5.92 Å². The Labute approximate surface area is 134 Å². The first-order chi connectivity index (χ1) is 10.4. The van der Waals surface area contributed by atoms with Crippen LogP contribution in [-0.4, -0.2) is 30.4 Å². The van der Waals surface area contributed by atoms with Gasteiger partial charge in [-0.05, 0) is 43.4 Å². The highest BCUT2D eigenvalue weighted by atomic mass is 35.5. The Morgan fingerprint density at radius 2 is 2.18 bits per heavy atom. The maximum Gasteiger partial charge on any atom is 0.306 e. The molecule has 0 bridgehead atoms. The molecule has 1 fully saturated rings. The first kappa shape index (κ1) is 17.0. The molecule has 1 saturated carbocycles. The van der Waals surface area contributed by atoms with Crippen LogP contribution in [-0.2, 0) is 11.3 Å². The maximum atomic E-state index is 14.6. The summed E-state index contributed by atoms with van der Waals surface area (Å²) < 4.78 is 19.7. The molecule has 0 radical (unpaired) electrons. The number of carboxylic acid groups (broad SMARTS) is 1. The summed E-state index contributed by atoms with van der Waals surface area (Å²) in [6.45, 7) is 0.679. The molecule has 0 heterocycles. The molecule has 2 N–H and O–H groups in total. The number of nitrogens with one attached hydrogen (secondary N) is 1. The van der Waals surface area contributed by atoms with Crippen molar-refractivity contribution < 1.29 is 19.0 Å². The molecule has 22 heavy (non-hydrogen) atoms. The highest BCUT2D eigenvalue weighted by molar-refractivity contribution is 6.31. The van der Waals surface area contributed by atoms with Crippen molar-refractivity contribution in [2.75, 3.05) is 13.7 Å².